The van der Waals surface area contributed by atoms with Gasteiger partial charge < -0.3 is 0 Å². The van der Waals surface area contributed by atoms with E-state index in [4.69, 9.17) is 15.0 Å². The molecule has 24 heavy (non-hydrogen) atoms. The number of nitrogens with zero attached hydrogens (tertiary/aromatic N) is 3. The van der Waals surface area contributed by atoms with Crippen molar-refractivity contribution in [1.29, 1.82) is 0 Å². The molecule has 1 radical (unpaired) electrons. The van der Waals surface area contributed by atoms with Gasteiger partial charge in [-0.15, -0.1) is 0 Å². The number of hydrogen-bond acceptors (Lipinski definition) is 5. The molecule has 3 rings (SSSR count). The van der Waals surface area contributed by atoms with Crippen LogP contribution < -0.4 is 5.72 Å². The molecule has 1 saturated carbocycles. The van der Waals surface area contributed by atoms with Gasteiger partial charge in [-0.3, -0.25) is 0 Å². The Balaban J connectivity index is 1.83. The van der Waals surface area contributed by atoms with E-state index < -0.39 is 0 Å². The fourth-order valence-electron chi connectivity index (χ4n) is 3.49. The van der Waals surface area contributed by atoms with Crippen LogP contribution in [0.2, 0.25) is 6.32 Å². The van der Waals surface area contributed by atoms with Gasteiger partial charge in [0.25, 0.3) is 0 Å². The van der Waals surface area contributed by atoms with E-state index in [-0.39, 0.29) is 0 Å². The summed E-state index contributed by atoms with van der Waals surface area (Å²) in [7, 11) is 2.18. The predicted molar refractivity (Wildman–Crippen MR) is 106 cm³/mol. The van der Waals surface area contributed by atoms with Gasteiger partial charge in [0.2, 0.25) is 7.28 Å². The summed E-state index contributed by atoms with van der Waals surface area (Å²) in [5.74, 6) is 0. The maximum atomic E-state index is 4.80. The monoisotopic (exact) mass is 362 g/mol. The number of thioether (sulfide) groups is 2. The quantitative estimate of drug-likeness (QED) is 0.717. The minimum atomic E-state index is 0.683. The van der Waals surface area contributed by atoms with Crippen molar-refractivity contribution in [3.05, 3.63) is 0 Å². The Morgan fingerprint density at radius 1 is 0.792 bits per heavy atom. The van der Waals surface area contributed by atoms with E-state index in [1.807, 2.05) is 23.5 Å². The lowest BCUT2D eigenvalue weighted by Gasteiger charge is -2.22. The van der Waals surface area contributed by atoms with Crippen molar-refractivity contribution in [2.75, 3.05) is 0 Å². The standard InChI is InChI=1S/C18H29BN3S2/c1-2-13-19-16-20-17-22-18(21-16)24-15-10-7-5-3-4-6-9-14(23-17)11-8-12-15/h14-15H,2-13H2,1H3. The third-order valence-electron chi connectivity index (χ3n) is 4.88. The zero-order valence-electron chi connectivity index (χ0n) is 14.9. The molecule has 1 aromatic heterocycles. The van der Waals surface area contributed by atoms with Gasteiger partial charge in [-0.25, -0.2) is 9.97 Å². The topological polar surface area (TPSA) is 38.7 Å². The molecule has 0 N–H and O–H groups in total. The summed E-state index contributed by atoms with van der Waals surface area (Å²) in [6, 6.07) is 0. The molecule has 0 spiro atoms. The normalized spacial score (nSPS) is 25.7. The minimum absolute atomic E-state index is 0.683. The number of hydrogen-bond donors (Lipinski definition) is 0. The number of aromatic nitrogens is 3. The maximum absolute atomic E-state index is 4.80. The van der Waals surface area contributed by atoms with Crippen molar-refractivity contribution in [2.24, 2.45) is 0 Å². The fraction of sp³-hybridized carbons (Fsp3) is 0.833. The molecule has 3 nitrogen and oxygen atoms in total. The van der Waals surface area contributed by atoms with E-state index in [2.05, 4.69) is 14.2 Å². The van der Waals surface area contributed by atoms with Crippen LogP contribution in [0.15, 0.2) is 10.3 Å². The van der Waals surface area contributed by atoms with E-state index in [1.54, 1.807) is 0 Å². The molecule has 0 aromatic carbocycles. The molecular formula is C18H29BN3S2. The Bertz CT molecular complexity index is 479. The highest BCUT2D eigenvalue weighted by atomic mass is 32.2. The smallest absolute Gasteiger partial charge is 0.204 e. The van der Waals surface area contributed by atoms with Gasteiger partial charge in [0.1, 0.15) is 0 Å². The van der Waals surface area contributed by atoms with Crippen LogP contribution in [0.3, 0.4) is 0 Å². The highest BCUT2D eigenvalue weighted by Gasteiger charge is 2.21. The lowest BCUT2D eigenvalue weighted by Crippen LogP contribution is -2.25. The third kappa shape index (κ3) is 5.94. The van der Waals surface area contributed by atoms with Crippen LogP contribution in [0, 0.1) is 0 Å². The molecule has 2 unspecified atom stereocenters. The summed E-state index contributed by atoms with van der Waals surface area (Å²) in [5, 5.41) is 3.28. The number of fused-ring (bicyclic) bond motifs is 6. The van der Waals surface area contributed by atoms with Gasteiger partial charge in [0, 0.05) is 10.5 Å². The first kappa shape index (κ1) is 18.6. The molecule has 2 heterocycles. The second-order valence-corrected chi connectivity index (χ2v) is 9.54. The van der Waals surface area contributed by atoms with Gasteiger partial charge in [-0.2, -0.15) is 4.98 Å². The van der Waals surface area contributed by atoms with E-state index in [0.717, 1.165) is 28.8 Å². The molecule has 2 aliphatic rings. The Labute approximate surface area is 156 Å². The first-order valence-corrected chi connectivity index (χ1v) is 11.5. The van der Waals surface area contributed by atoms with Crippen molar-refractivity contribution in [2.45, 2.75) is 105 Å². The van der Waals surface area contributed by atoms with Crippen LogP contribution in [-0.4, -0.2) is 32.7 Å². The summed E-state index contributed by atoms with van der Waals surface area (Å²) in [6.45, 7) is 2.20. The van der Waals surface area contributed by atoms with Crippen LogP contribution in [0.25, 0.3) is 0 Å². The van der Waals surface area contributed by atoms with Gasteiger partial charge in [0.15, 0.2) is 10.3 Å². The second kappa shape index (κ2) is 10.1. The fourth-order valence-corrected chi connectivity index (χ4v) is 5.86. The van der Waals surface area contributed by atoms with E-state index in [0.29, 0.717) is 10.5 Å². The number of rotatable bonds is 3. The lowest BCUT2D eigenvalue weighted by atomic mass is 9.73. The first-order chi connectivity index (χ1) is 11.8. The second-order valence-electron chi connectivity index (χ2n) is 7.01. The molecule has 0 amide bonds. The van der Waals surface area contributed by atoms with Gasteiger partial charge >= 0.3 is 0 Å². The van der Waals surface area contributed by atoms with Crippen molar-refractivity contribution in [1.82, 2.24) is 15.0 Å². The minimum Gasteiger partial charge on any atom is -0.219 e. The highest BCUT2D eigenvalue weighted by Crippen LogP contribution is 2.35. The SMILES string of the molecule is CCC[B]c1nc2nc(n1)SC1CCCCCCCC(CCC1)S2. The molecule has 2 atom stereocenters. The summed E-state index contributed by atoms with van der Waals surface area (Å²) in [4.78, 5) is 14.3. The van der Waals surface area contributed by atoms with E-state index in [9.17, 15) is 0 Å². The van der Waals surface area contributed by atoms with E-state index in [1.165, 1.54) is 64.2 Å². The zero-order chi connectivity index (χ0) is 16.6. The maximum Gasteiger partial charge on any atom is 0.204 e. The summed E-state index contributed by atoms with van der Waals surface area (Å²) < 4.78 is 0. The Morgan fingerprint density at radius 2 is 1.33 bits per heavy atom. The predicted octanol–water partition coefficient (Wildman–Crippen LogP) is 4.88. The van der Waals surface area contributed by atoms with Gasteiger partial charge in [0.05, 0.1) is 5.72 Å². The van der Waals surface area contributed by atoms with Crippen LogP contribution in [0.4, 0.5) is 0 Å². The van der Waals surface area contributed by atoms with Crippen LogP contribution in [-0.2, 0) is 0 Å². The third-order valence-corrected chi connectivity index (χ3v) is 7.27. The zero-order valence-corrected chi connectivity index (χ0v) is 16.5. The summed E-state index contributed by atoms with van der Waals surface area (Å²) in [5.41, 5.74) is 0.891. The average Bonchev–Trinajstić information content (AvgIpc) is 2.56. The highest BCUT2D eigenvalue weighted by molar-refractivity contribution is 8.00. The molecule has 1 aliphatic carbocycles. The van der Waals surface area contributed by atoms with E-state index >= 15 is 0 Å². The summed E-state index contributed by atoms with van der Waals surface area (Å²) in [6.07, 6.45) is 15.7. The molecule has 1 aliphatic heterocycles. The molecule has 1 aromatic rings. The summed E-state index contributed by atoms with van der Waals surface area (Å²) >= 11 is 3.81. The Hall–Kier alpha value is -0.225. The molecule has 4 bridgehead atoms. The molecular weight excluding hydrogens is 333 g/mol. The first-order valence-electron chi connectivity index (χ1n) is 9.76. The molecule has 1 fully saturated rings. The lowest BCUT2D eigenvalue weighted by molar-refractivity contribution is 0.513. The Kier molecular flexibility index (Phi) is 7.78. The van der Waals surface area contributed by atoms with Crippen LogP contribution in [0.5, 0.6) is 0 Å². The van der Waals surface area contributed by atoms with Crippen molar-refractivity contribution >= 4 is 36.5 Å². The molecule has 131 valence electrons. The molecule has 6 heteroatoms. The average molecular weight is 362 g/mol. The van der Waals surface area contributed by atoms with Crippen molar-refractivity contribution in [3.63, 3.8) is 0 Å². The van der Waals surface area contributed by atoms with Crippen LogP contribution in [0.1, 0.15) is 77.6 Å². The largest absolute Gasteiger partial charge is 0.219 e. The van der Waals surface area contributed by atoms with Gasteiger partial charge in [-0.05, 0) is 25.7 Å². The van der Waals surface area contributed by atoms with Gasteiger partial charge in [-0.1, -0.05) is 81.7 Å². The van der Waals surface area contributed by atoms with Crippen molar-refractivity contribution < 1.29 is 0 Å². The Morgan fingerprint density at radius 3 is 1.92 bits per heavy atom. The molecule has 0 saturated heterocycles. The van der Waals surface area contributed by atoms with Crippen molar-refractivity contribution in [3.8, 4) is 0 Å². The van der Waals surface area contributed by atoms with Crippen LogP contribution >= 0.6 is 23.5 Å².